The first-order chi connectivity index (χ1) is 11.5. The maximum atomic E-state index is 12.1. The fourth-order valence-electron chi connectivity index (χ4n) is 2.37. The fraction of sp³-hybridized carbons (Fsp3) is 0.500. The van der Waals surface area contributed by atoms with Gasteiger partial charge in [0.05, 0.1) is 19.6 Å². The van der Waals surface area contributed by atoms with E-state index >= 15 is 0 Å². The Labute approximate surface area is 154 Å². The number of carbonyl (C=O) groups is 1. The van der Waals surface area contributed by atoms with Gasteiger partial charge in [-0.25, -0.2) is 4.79 Å². The third kappa shape index (κ3) is 4.73. The molecule has 0 amide bonds. The Morgan fingerprint density at radius 3 is 2.54 bits per heavy atom. The molecule has 0 saturated heterocycles. The standard InChI is InChI=1S/C16H21BrNO3P.C2H6/c1-5-20-16(19)15(10(2)3)21-14-8-6-7-13-12(14)9-11(4)18(13)22-17;1-2/h6-10,15,22H,5H2,1-4H3;1-2H3. The summed E-state index contributed by atoms with van der Waals surface area (Å²) in [5.41, 5.74) is 2.25. The molecule has 0 fully saturated rings. The van der Waals surface area contributed by atoms with Crippen LogP contribution in [0.1, 0.15) is 40.3 Å². The molecular weight excluding hydrogens is 389 g/mol. The maximum Gasteiger partial charge on any atom is 0.347 e. The number of nitrogens with zero attached hydrogens (tertiary/aromatic N) is 1. The molecule has 0 bridgehead atoms. The quantitative estimate of drug-likeness (QED) is 0.449. The first kappa shape index (κ1) is 21.0. The molecule has 0 saturated carbocycles. The smallest absolute Gasteiger partial charge is 0.347 e. The number of hydrogen-bond donors (Lipinski definition) is 0. The van der Waals surface area contributed by atoms with Crippen LogP contribution in [0.2, 0.25) is 0 Å². The van der Waals surface area contributed by atoms with Gasteiger partial charge in [0.1, 0.15) is 5.75 Å². The van der Waals surface area contributed by atoms with Crippen LogP contribution in [0.5, 0.6) is 5.75 Å². The van der Waals surface area contributed by atoms with Crippen LogP contribution in [0, 0.1) is 12.8 Å². The van der Waals surface area contributed by atoms with Crippen LogP contribution in [-0.4, -0.2) is 23.0 Å². The van der Waals surface area contributed by atoms with Gasteiger partial charge in [0.15, 0.2) is 6.10 Å². The van der Waals surface area contributed by atoms with Crippen molar-refractivity contribution in [2.24, 2.45) is 5.92 Å². The number of hydrogen-bond acceptors (Lipinski definition) is 3. The molecule has 1 heterocycles. The molecule has 0 spiro atoms. The van der Waals surface area contributed by atoms with Crippen molar-refractivity contribution in [1.82, 2.24) is 4.34 Å². The highest BCUT2D eigenvalue weighted by Gasteiger charge is 2.26. The molecule has 134 valence electrons. The Hall–Kier alpha value is -1.06. The van der Waals surface area contributed by atoms with Gasteiger partial charge in [0, 0.05) is 17.0 Å². The van der Waals surface area contributed by atoms with E-state index in [1.807, 2.05) is 39.8 Å². The van der Waals surface area contributed by atoms with E-state index in [2.05, 4.69) is 38.9 Å². The van der Waals surface area contributed by atoms with Gasteiger partial charge in [-0.05, 0) is 47.5 Å². The molecule has 4 nitrogen and oxygen atoms in total. The summed E-state index contributed by atoms with van der Waals surface area (Å²) in [6.07, 6.45) is -0.597. The monoisotopic (exact) mass is 415 g/mol. The van der Waals surface area contributed by atoms with Crippen molar-refractivity contribution < 1.29 is 14.3 Å². The first-order valence-corrected chi connectivity index (χ1v) is 11.5. The van der Waals surface area contributed by atoms with Crippen molar-refractivity contribution in [3.63, 3.8) is 0 Å². The Balaban J connectivity index is 0.00000139. The third-order valence-electron chi connectivity index (χ3n) is 3.45. The Kier molecular flexibility index (Phi) is 8.79. The average Bonchev–Trinajstić information content (AvgIpc) is 2.90. The normalized spacial score (nSPS) is 12.3. The highest BCUT2D eigenvalue weighted by molar-refractivity contribution is 9.36. The second-order valence-electron chi connectivity index (χ2n) is 5.43. The predicted octanol–water partition coefficient (Wildman–Crippen LogP) is 5.69. The summed E-state index contributed by atoms with van der Waals surface area (Å²) in [5.74, 6) is 0.445. The van der Waals surface area contributed by atoms with Crippen molar-refractivity contribution in [1.29, 1.82) is 0 Å². The van der Waals surface area contributed by atoms with E-state index in [9.17, 15) is 4.79 Å². The molecule has 6 heteroatoms. The number of benzene rings is 1. The molecule has 1 aromatic heterocycles. The minimum atomic E-state index is -0.597. The third-order valence-corrected chi connectivity index (χ3v) is 5.28. The SMILES string of the molecule is CC.CCOC(=O)C(Oc1cccc2c1cc(C)n2PBr)C(C)C. The van der Waals surface area contributed by atoms with Crippen LogP contribution in [0.15, 0.2) is 24.3 Å². The van der Waals surface area contributed by atoms with E-state index in [-0.39, 0.29) is 11.9 Å². The van der Waals surface area contributed by atoms with Crippen molar-refractivity contribution in [2.45, 2.75) is 47.6 Å². The van der Waals surface area contributed by atoms with Crippen molar-refractivity contribution in [3.8, 4) is 5.75 Å². The zero-order chi connectivity index (χ0) is 18.3. The van der Waals surface area contributed by atoms with Gasteiger partial charge in [0.2, 0.25) is 0 Å². The van der Waals surface area contributed by atoms with Gasteiger partial charge >= 0.3 is 5.97 Å². The summed E-state index contributed by atoms with van der Waals surface area (Å²) in [7, 11) is 0.472. The lowest BCUT2D eigenvalue weighted by Crippen LogP contribution is -2.34. The van der Waals surface area contributed by atoms with Gasteiger partial charge in [0.25, 0.3) is 0 Å². The van der Waals surface area contributed by atoms with E-state index < -0.39 is 6.10 Å². The van der Waals surface area contributed by atoms with E-state index in [0.29, 0.717) is 14.0 Å². The molecule has 0 N–H and O–H groups in total. The summed E-state index contributed by atoms with van der Waals surface area (Å²) < 4.78 is 13.3. The highest BCUT2D eigenvalue weighted by Crippen LogP contribution is 2.36. The van der Waals surface area contributed by atoms with E-state index in [0.717, 1.165) is 22.3 Å². The summed E-state index contributed by atoms with van der Waals surface area (Å²) in [5, 5.41) is 1.02. The van der Waals surface area contributed by atoms with Gasteiger partial charge < -0.3 is 13.8 Å². The molecule has 2 atom stereocenters. The lowest BCUT2D eigenvalue weighted by atomic mass is 10.1. The molecule has 0 aliphatic carbocycles. The topological polar surface area (TPSA) is 40.5 Å². The van der Waals surface area contributed by atoms with Gasteiger partial charge in [-0.15, -0.1) is 0 Å². The second kappa shape index (κ2) is 10.0. The van der Waals surface area contributed by atoms with E-state index in [1.54, 1.807) is 6.92 Å². The van der Waals surface area contributed by atoms with E-state index in [4.69, 9.17) is 9.47 Å². The largest absolute Gasteiger partial charge is 0.478 e. The summed E-state index contributed by atoms with van der Waals surface area (Å²) in [6, 6.07) is 7.99. The van der Waals surface area contributed by atoms with Crippen LogP contribution in [-0.2, 0) is 9.53 Å². The van der Waals surface area contributed by atoms with Crippen LogP contribution in [0.4, 0.5) is 0 Å². The van der Waals surface area contributed by atoms with Crippen LogP contribution in [0.25, 0.3) is 10.9 Å². The Morgan fingerprint density at radius 2 is 2.00 bits per heavy atom. The molecule has 2 rings (SSSR count). The Morgan fingerprint density at radius 1 is 1.33 bits per heavy atom. The Bertz CT molecular complexity index is 670. The summed E-state index contributed by atoms with van der Waals surface area (Å²) in [6.45, 7) is 12.1. The zero-order valence-corrected chi connectivity index (χ0v) is 17.8. The van der Waals surface area contributed by atoms with Gasteiger partial charge in [-0.1, -0.05) is 33.8 Å². The minimum Gasteiger partial charge on any atom is -0.478 e. The van der Waals surface area contributed by atoms with Crippen LogP contribution in [0.3, 0.4) is 0 Å². The predicted molar refractivity (Wildman–Crippen MR) is 107 cm³/mol. The number of aromatic nitrogens is 1. The fourth-order valence-corrected chi connectivity index (χ4v) is 4.26. The molecule has 0 radical (unpaired) electrons. The summed E-state index contributed by atoms with van der Waals surface area (Å²) >= 11 is 3.53. The van der Waals surface area contributed by atoms with Crippen molar-refractivity contribution >= 4 is 39.8 Å². The van der Waals surface area contributed by atoms with E-state index in [1.165, 1.54) is 0 Å². The summed E-state index contributed by atoms with van der Waals surface area (Å²) in [4.78, 5) is 12.1. The lowest BCUT2D eigenvalue weighted by molar-refractivity contribution is -0.153. The van der Waals surface area contributed by atoms with Gasteiger partial charge in [-0.3, -0.25) is 0 Å². The van der Waals surface area contributed by atoms with Gasteiger partial charge in [-0.2, -0.15) is 0 Å². The number of fused-ring (bicyclic) bond motifs is 1. The zero-order valence-electron chi connectivity index (χ0n) is 15.2. The molecule has 2 unspecified atom stereocenters. The second-order valence-corrected chi connectivity index (χ2v) is 7.11. The molecule has 0 aliphatic heterocycles. The molecule has 24 heavy (non-hydrogen) atoms. The van der Waals surface area contributed by atoms with Crippen molar-refractivity contribution in [2.75, 3.05) is 6.61 Å². The molecular formula is C18H27BrNO3P. The first-order valence-electron chi connectivity index (χ1n) is 8.30. The molecule has 1 aromatic carbocycles. The number of halogens is 1. The number of aryl methyl sites for hydroxylation is 1. The van der Waals surface area contributed by atoms with Crippen LogP contribution < -0.4 is 4.74 Å². The highest BCUT2D eigenvalue weighted by atomic mass is 79.9. The maximum absolute atomic E-state index is 12.1. The number of esters is 1. The number of carbonyl (C=O) groups excluding carboxylic acids is 1. The minimum absolute atomic E-state index is 0.0375. The number of ether oxygens (including phenoxy) is 2. The van der Waals surface area contributed by atoms with Crippen LogP contribution >= 0.6 is 22.9 Å². The average molecular weight is 416 g/mol. The molecule has 0 aliphatic rings. The molecule has 2 aromatic rings. The lowest BCUT2D eigenvalue weighted by Gasteiger charge is -2.21. The number of rotatable bonds is 6. The van der Waals surface area contributed by atoms with Crippen molar-refractivity contribution in [3.05, 3.63) is 30.0 Å².